The van der Waals surface area contributed by atoms with Crippen LogP contribution in [0.2, 0.25) is 0 Å². The fourth-order valence-corrected chi connectivity index (χ4v) is 1.90. The van der Waals surface area contributed by atoms with Crippen molar-refractivity contribution >= 4 is 39.1 Å². The molecule has 0 aliphatic heterocycles. The minimum absolute atomic E-state index is 0.0968. The lowest BCUT2D eigenvalue weighted by Crippen LogP contribution is -2.19. The Labute approximate surface area is 93.9 Å². The van der Waals surface area contributed by atoms with Crippen molar-refractivity contribution in [3.63, 3.8) is 0 Å². The first-order valence-corrected chi connectivity index (χ1v) is 5.09. The molecule has 0 atom stereocenters. The molecule has 5 heteroatoms. The van der Waals surface area contributed by atoms with Gasteiger partial charge in [-0.1, -0.05) is 0 Å². The van der Waals surface area contributed by atoms with Crippen LogP contribution in [0.1, 0.15) is 0 Å². The number of aryl methyl sites for hydroxylation is 1. The van der Waals surface area contributed by atoms with Crippen molar-refractivity contribution in [3.8, 4) is 0 Å². The first-order valence-electron chi connectivity index (χ1n) is 4.01. The summed E-state index contributed by atoms with van der Waals surface area (Å²) >= 11 is 2.12. The largest absolute Gasteiger partial charge is 0.398 e. The Morgan fingerprint density at radius 1 is 1.43 bits per heavy atom. The fourth-order valence-electron chi connectivity index (χ4n) is 1.29. The average molecular weight is 301 g/mol. The first kappa shape index (κ1) is 9.45. The lowest BCUT2D eigenvalue weighted by atomic mass is 10.2. The predicted octanol–water partition coefficient (Wildman–Crippen LogP) is 1.12. The van der Waals surface area contributed by atoms with Gasteiger partial charge in [0, 0.05) is 21.7 Å². The molecule has 0 spiro atoms. The second kappa shape index (κ2) is 3.23. The third-order valence-corrected chi connectivity index (χ3v) is 3.30. The molecular weight excluding hydrogens is 293 g/mol. The molecule has 0 saturated carbocycles. The number of fused-ring (bicyclic) bond motifs is 1. The SMILES string of the molecule is Cn1ncc2c(I)c(N)ccc2c1=O. The highest BCUT2D eigenvalue weighted by molar-refractivity contribution is 14.1. The summed E-state index contributed by atoms with van der Waals surface area (Å²) in [5, 5.41) is 5.42. The second-order valence-corrected chi connectivity index (χ2v) is 4.08. The lowest BCUT2D eigenvalue weighted by Gasteiger charge is -2.04. The van der Waals surface area contributed by atoms with Crippen LogP contribution in [-0.2, 0) is 7.05 Å². The van der Waals surface area contributed by atoms with Crippen molar-refractivity contribution in [1.82, 2.24) is 9.78 Å². The number of halogens is 1. The Morgan fingerprint density at radius 3 is 2.86 bits per heavy atom. The Balaban J connectivity index is 3.02. The summed E-state index contributed by atoms with van der Waals surface area (Å²) in [6.45, 7) is 0. The maximum absolute atomic E-state index is 11.6. The highest BCUT2D eigenvalue weighted by Gasteiger charge is 2.06. The summed E-state index contributed by atoms with van der Waals surface area (Å²) in [5.41, 5.74) is 6.31. The maximum Gasteiger partial charge on any atom is 0.274 e. The van der Waals surface area contributed by atoms with E-state index in [2.05, 4.69) is 27.7 Å². The third kappa shape index (κ3) is 1.28. The molecule has 4 nitrogen and oxygen atoms in total. The van der Waals surface area contributed by atoms with Gasteiger partial charge in [0.2, 0.25) is 0 Å². The van der Waals surface area contributed by atoms with Gasteiger partial charge in [0.05, 0.1) is 11.6 Å². The van der Waals surface area contributed by atoms with Crippen molar-refractivity contribution in [2.24, 2.45) is 7.05 Å². The summed E-state index contributed by atoms with van der Waals surface area (Å²) in [6, 6.07) is 3.47. The Morgan fingerprint density at radius 2 is 2.14 bits per heavy atom. The van der Waals surface area contributed by atoms with Gasteiger partial charge in [-0.15, -0.1) is 0 Å². The Bertz CT molecular complexity index is 562. The van der Waals surface area contributed by atoms with Crippen LogP contribution < -0.4 is 11.3 Å². The first-order chi connectivity index (χ1) is 6.61. The van der Waals surface area contributed by atoms with Gasteiger partial charge in [0.15, 0.2) is 0 Å². The van der Waals surface area contributed by atoms with Gasteiger partial charge in [0.25, 0.3) is 5.56 Å². The molecule has 0 aliphatic rings. The number of hydrogen-bond donors (Lipinski definition) is 1. The molecule has 1 aromatic carbocycles. The van der Waals surface area contributed by atoms with E-state index in [1.165, 1.54) is 4.68 Å². The minimum atomic E-state index is -0.0968. The van der Waals surface area contributed by atoms with E-state index in [4.69, 9.17) is 5.73 Å². The summed E-state index contributed by atoms with van der Waals surface area (Å²) in [6.07, 6.45) is 1.66. The number of nitrogens with two attached hydrogens (primary N) is 1. The van der Waals surface area contributed by atoms with Crippen LogP contribution in [0.4, 0.5) is 5.69 Å². The van der Waals surface area contributed by atoms with E-state index in [1.54, 1.807) is 25.4 Å². The normalized spacial score (nSPS) is 10.7. The zero-order chi connectivity index (χ0) is 10.3. The standard InChI is InChI=1S/C9H8IN3O/c1-13-9(14)5-2-3-7(11)8(10)6(5)4-12-13/h2-4H,11H2,1H3. The van der Waals surface area contributed by atoms with Crippen LogP contribution in [0.5, 0.6) is 0 Å². The molecular formula is C9H8IN3O. The summed E-state index contributed by atoms with van der Waals surface area (Å²) < 4.78 is 2.19. The number of anilines is 1. The van der Waals surface area contributed by atoms with Gasteiger partial charge < -0.3 is 5.73 Å². The predicted molar refractivity (Wildman–Crippen MR) is 64.1 cm³/mol. The van der Waals surface area contributed by atoms with Crippen molar-refractivity contribution in [2.45, 2.75) is 0 Å². The van der Waals surface area contributed by atoms with Gasteiger partial charge in [-0.25, -0.2) is 4.68 Å². The average Bonchev–Trinajstić information content (AvgIpc) is 2.17. The van der Waals surface area contributed by atoms with Crippen molar-refractivity contribution in [3.05, 3.63) is 32.3 Å². The van der Waals surface area contributed by atoms with Gasteiger partial charge in [-0.3, -0.25) is 4.79 Å². The quantitative estimate of drug-likeness (QED) is 0.586. The van der Waals surface area contributed by atoms with Crippen molar-refractivity contribution in [2.75, 3.05) is 5.73 Å². The van der Waals surface area contributed by atoms with Crippen LogP contribution in [0, 0.1) is 3.57 Å². The molecule has 0 fully saturated rings. The molecule has 1 heterocycles. The Hall–Kier alpha value is -1.11. The summed E-state index contributed by atoms with van der Waals surface area (Å²) in [7, 11) is 1.63. The molecule has 72 valence electrons. The number of nitrogen functional groups attached to an aromatic ring is 1. The molecule has 0 radical (unpaired) electrons. The number of hydrogen-bond acceptors (Lipinski definition) is 3. The third-order valence-electron chi connectivity index (χ3n) is 2.09. The monoisotopic (exact) mass is 301 g/mol. The highest BCUT2D eigenvalue weighted by Crippen LogP contribution is 2.22. The van der Waals surface area contributed by atoms with E-state index >= 15 is 0 Å². The van der Waals surface area contributed by atoms with E-state index in [0.717, 1.165) is 8.96 Å². The number of nitrogens with zero attached hydrogens (tertiary/aromatic N) is 2. The summed E-state index contributed by atoms with van der Waals surface area (Å²) in [4.78, 5) is 11.6. The van der Waals surface area contributed by atoms with Gasteiger partial charge >= 0.3 is 0 Å². The molecule has 14 heavy (non-hydrogen) atoms. The van der Waals surface area contributed by atoms with Crippen LogP contribution in [-0.4, -0.2) is 9.78 Å². The number of rotatable bonds is 0. The molecule has 2 rings (SSSR count). The lowest BCUT2D eigenvalue weighted by molar-refractivity contribution is 0.718. The van der Waals surface area contributed by atoms with E-state index in [1.807, 2.05) is 0 Å². The molecule has 0 unspecified atom stereocenters. The van der Waals surface area contributed by atoms with Crippen LogP contribution >= 0.6 is 22.6 Å². The van der Waals surface area contributed by atoms with Gasteiger partial charge in [-0.2, -0.15) is 5.10 Å². The molecule has 0 amide bonds. The molecule has 0 aliphatic carbocycles. The van der Waals surface area contributed by atoms with Crippen molar-refractivity contribution < 1.29 is 0 Å². The molecule has 2 aromatic rings. The number of benzene rings is 1. The van der Waals surface area contributed by atoms with Crippen molar-refractivity contribution in [1.29, 1.82) is 0 Å². The Kier molecular flexibility index (Phi) is 2.18. The molecule has 2 N–H and O–H groups in total. The molecule has 0 saturated heterocycles. The second-order valence-electron chi connectivity index (χ2n) is 3.00. The zero-order valence-corrected chi connectivity index (χ0v) is 9.65. The maximum atomic E-state index is 11.6. The van der Waals surface area contributed by atoms with E-state index in [-0.39, 0.29) is 5.56 Å². The van der Waals surface area contributed by atoms with Crippen LogP contribution in [0.25, 0.3) is 10.8 Å². The zero-order valence-electron chi connectivity index (χ0n) is 7.49. The number of aromatic nitrogens is 2. The highest BCUT2D eigenvalue weighted by atomic mass is 127. The van der Waals surface area contributed by atoms with Gasteiger partial charge in [-0.05, 0) is 34.7 Å². The van der Waals surface area contributed by atoms with E-state index < -0.39 is 0 Å². The van der Waals surface area contributed by atoms with Gasteiger partial charge in [0.1, 0.15) is 0 Å². The minimum Gasteiger partial charge on any atom is -0.398 e. The topological polar surface area (TPSA) is 60.9 Å². The smallest absolute Gasteiger partial charge is 0.274 e. The van der Waals surface area contributed by atoms with E-state index in [9.17, 15) is 4.79 Å². The van der Waals surface area contributed by atoms with Crippen LogP contribution in [0.15, 0.2) is 23.1 Å². The summed E-state index contributed by atoms with van der Waals surface area (Å²) in [5.74, 6) is 0. The fraction of sp³-hybridized carbons (Fsp3) is 0.111. The van der Waals surface area contributed by atoms with E-state index in [0.29, 0.717) is 11.1 Å². The molecule has 0 bridgehead atoms. The van der Waals surface area contributed by atoms with Crippen LogP contribution in [0.3, 0.4) is 0 Å². The molecule has 1 aromatic heterocycles.